The Labute approximate surface area is 111 Å². The minimum Gasteiger partial charge on any atom is -0.390 e. The maximum atomic E-state index is 10.7. The lowest BCUT2D eigenvalue weighted by Gasteiger charge is -2.44. The number of benzene rings is 1. The largest absolute Gasteiger partial charge is 0.390 e. The number of aliphatic hydroxyl groups is 1. The van der Waals surface area contributed by atoms with Gasteiger partial charge in [-0.15, -0.1) is 0 Å². The second kappa shape index (κ2) is 5.41. The predicted octanol–water partition coefficient (Wildman–Crippen LogP) is 3.23. The Balaban J connectivity index is 2.30. The van der Waals surface area contributed by atoms with Gasteiger partial charge in [-0.25, -0.2) is 0 Å². The van der Waals surface area contributed by atoms with Crippen molar-refractivity contribution >= 4 is 0 Å². The molecule has 3 atom stereocenters. The molecule has 2 heteroatoms. The van der Waals surface area contributed by atoms with E-state index >= 15 is 0 Å². The van der Waals surface area contributed by atoms with Crippen molar-refractivity contribution in [2.24, 2.45) is 5.92 Å². The Morgan fingerprint density at radius 2 is 1.89 bits per heavy atom. The minimum atomic E-state index is -0.539. The SMILES string of the molecule is CN(C)[C@@H](c1ccccc1)[C@@H]1CCCC[C@]1(C)O. The summed E-state index contributed by atoms with van der Waals surface area (Å²) in [7, 11) is 4.23. The molecule has 0 amide bonds. The van der Waals surface area contributed by atoms with Crippen molar-refractivity contribution in [1.29, 1.82) is 0 Å². The van der Waals surface area contributed by atoms with E-state index in [-0.39, 0.29) is 0 Å². The molecule has 2 nitrogen and oxygen atoms in total. The third kappa shape index (κ3) is 2.76. The topological polar surface area (TPSA) is 23.5 Å². The summed E-state index contributed by atoms with van der Waals surface area (Å²) in [5.74, 6) is 0.323. The summed E-state index contributed by atoms with van der Waals surface area (Å²) in [5, 5.41) is 10.7. The van der Waals surface area contributed by atoms with Crippen LogP contribution in [-0.2, 0) is 0 Å². The third-order valence-electron chi connectivity index (χ3n) is 4.33. The van der Waals surface area contributed by atoms with Crippen LogP contribution >= 0.6 is 0 Å². The van der Waals surface area contributed by atoms with E-state index in [0.29, 0.717) is 12.0 Å². The van der Waals surface area contributed by atoms with Crippen LogP contribution in [0.25, 0.3) is 0 Å². The first-order valence-electron chi connectivity index (χ1n) is 6.96. The van der Waals surface area contributed by atoms with Gasteiger partial charge >= 0.3 is 0 Å². The van der Waals surface area contributed by atoms with Crippen LogP contribution in [0, 0.1) is 5.92 Å². The van der Waals surface area contributed by atoms with Crippen molar-refractivity contribution in [2.45, 2.75) is 44.2 Å². The highest BCUT2D eigenvalue weighted by atomic mass is 16.3. The highest BCUT2D eigenvalue weighted by Crippen LogP contribution is 2.43. The van der Waals surface area contributed by atoms with Gasteiger partial charge in [-0.2, -0.15) is 0 Å². The highest BCUT2D eigenvalue weighted by Gasteiger charge is 2.40. The average Bonchev–Trinajstić information content (AvgIpc) is 2.32. The van der Waals surface area contributed by atoms with Crippen LogP contribution in [0.2, 0.25) is 0 Å². The van der Waals surface area contributed by atoms with Gasteiger partial charge in [0.15, 0.2) is 0 Å². The lowest BCUT2D eigenvalue weighted by atomic mass is 9.71. The first-order chi connectivity index (χ1) is 8.52. The molecule has 1 saturated carbocycles. The second-order valence-electron chi connectivity index (χ2n) is 6.03. The van der Waals surface area contributed by atoms with E-state index in [1.54, 1.807) is 0 Å². The predicted molar refractivity (Wildman–Crippen MR) is 75.5 cm³/mol. The minimum absolute atomic E-state index is 0.307. The number of rotatable bonds is 3. The van der Waals surface area contributed by atoms with Crippen LogP contribution < -0.4 is 0 Å². The van der Waals surface area contributed by atoms with Gasteiger partial charge in [0, 0.05) is 12.0 Å². The monoisotopic (exact) mass is 247 g/mol. The maximum Gasteiger partial charge on any atom is 0.0666 e. The Bertz CT molecular complexity index is 372. The highest BCUT2D eigenvalue weighted by molar-refractivity contribution is 5.21. The molecule has 0 saturated heterocycles. The molecule has 1 aromatic carbocycles. The maximum absolute atomic E-state index is 10.7. The molecule has 1 aromatic rings. The molecular formula is C16H25NO. The van der Waals surface area contributed by atoms with Crippen molar-refractivity contribution in [3.8, 4) is 0 Å². The van der Waals surface area contributed by atoms with E-state index < -0.39 is 5.60 Å². The summed E-state index contributed by atoms with van der Waals surface area (Å²) in [6.07, 6.45) is 4.43. The van der Waals surface area contributed by atoms with Crippen LogP contribution in [0.3, 0.4) is 0 Å². The van der Waals surface area contributed by atoms with Crippen molar-refractivity contribution in [1.82, 2.24) is 4.90 Å². The zero-order chi connectivity index (χ0) is 13.2. The van der Waals surface area contributed by atoms with Crippen LogP contribution in [0.4, 0.5) is 0 Å². The molecule has 1 aliphatic carbocycles. The zero-order valence-corrected chi connectivity index (χ0v) is 11.8. The van der Waals surface area contributed by atoms with Crippen LogP contribution in [0.15, 0.2) is 30.3 Å². The molecule has 1 fully saturated rings. The lowest BCUT2D eigenvalue weighted by molar-refractivity contribution is -0.0631. The zero-order valence-electron chi connectivity index (χ0n) is 11.8. The van der Waals surface area contributed by atoms with Gasteiger partial charge < -0.3 is 10.0 Å². The molecule has 2 rings (SSSR count). The third-order valence-corrected chi connectivity index (χ3v) is 4.33. The summed E-state index contributed by atoms with van der Waals surface area (Å²) in [6, 6.07) is 10.9. The van der Waals surface area contributed by atoms with Gasteiger partial charge in [0.2, 0.25) is 0 Å². The van der Waals surface area contributed by atoms with Crippen molar-refractivity contribution < 1.29 is 5.11 Å². The fraction of sp³-hybridized carbons (Fsp3) is 0.625. The molecule has 0 radical (unpaired) electrons. The number of nitrogens with zero attached hydrogens (tertiary/aromatic N) is 1. The molecule has 100 valence electrons. The van der Waals surface area contributed by atoms with E-state index in [2.05, 4.69) is 49.3 Å². The van der Waals surface area contributed by atoms with Crippen molar-refractivity contribution in [3.05, 3.63) is 35.9 Å². The molecular weight excluding hydrogens is 222 g/mol. The van der Waals surface area contributed by atoms with Crippen molar-refractivity contribution in [2.75, 3.05) is 14.1 Å². The summed E-state index contributed by atoms with van der Waals surface area (Å²) in [6.45, 7) is 2.01. The van der Waals surface area contributed by atoms with Crippen LogP contribution in [0.5, 0.6) is 0 Å². The molecule has 0 unspecified atom stereocenters. The van der Waals surface area contributed by atoms with Gasteiger partial charge in [-0.3, -0.25) is 0 Å². The fourth-order valence-corrected chi connectivity index (χ4v) is 3.38. The van der Waals surface area contributed by atoms with Gasteiger partial charge in [-0.1, -0.05) is 43.2 Å². The molecule has 1 N–H and O–H groups in total. The summed E-state index contributed by atoms with van der Waals surface area (Å²) in [4.78, 5) is 2.25. The van der Waals surface area contributed by atoms with Gasteiger partial charge in [-0.05, 0) is 39.4 Å². The van der Waals surface area contributed by atoms with E-state index in [4.69, 9.17) is 0 Å². The van der Waals surface area contributed by atoms with Crippen molar-refractivity contribution in [3.63, 3.8) is 0 Å². The molecule has 0 bridgehead atoms. The van der Waals surface area contributed by atoms with Crippen LogP contribution in [-0.4, -0.2) is 29.7 Å². The number of hydrogen-bond acceptors (Lipinski definition) is 2. The smallest absolute Gasteiger partial charge is 0.0666 e. The van der Waals surface area contributed by atoms with Gasteiger partial charge in [0.1, 0.15) is 0 Å². The van der Waals surface area contributed by atoms with E-state index in [0.717, 1.165) is 19.3 Å². The van der Waals surface area contributed by atoms with Crippen LogP contribution in [0.1, 0.15) is 44.2 Å². The van der Waals surface area contributed by atoms with Gasteiger partial charge in [0.05, 0.1) is 5.60 Å². The molecule has 1 aliphatic rings. The van der Waals surface area contributed by atoms with Gasteiger partial charge in [0.25, 0.3) is 0 Å². The average molecular weight is 247 g/mol. The molecule has 0 heterocycles. The normalized spacial score (nSPS) is 30.4. The van der Waals surface area contributed by atoms with E-state index in [1.165, 1.54) is 12.0 Å². The lowest BCUT2D eigenvalue weighted by Crippen LogP contribution is -2.44. The molecule has 0 aliphatic heterocycles. The summed E-state index contributed by atoms with van der Waals surface area (Å²) >= 11 is 0. The Hall–Kier alpha value is -0.860. The summed E-state index contributed by atoms with van der Waals surface area (Å²) in [5.41, 5.74) is 0.776. The quantitative estimate of drug-likeness (QED) is 0.886. The first-order valence-corrected chi connectivity index (χ1v) is 6.96. The molecule has 18 heavy (non-hydrogen) atoms. The number of hydrogen-bond donors (Lipinski definition) is 1. The second-order valence-corrected chi connectivity index (χ2v) is 6.03. The summed E-state index contributed by atoms with van der Waals surface area (Å²) < 4.78 is 0. The van der Waals surface area contributed by atoms with E-state index in [1.807, 2.05) is 6.92 Å². The Kier molecular flexibility index (Phi) is 4.08. The fourth-order valence-electron chi connectivity index (χ4n) is 3.38. The molecule has 0 spiro atoms. The van der Waals surface area contributed by atoms with E-state index in [9.17, 15) is 5.11 Å². The Morgan fingerprint density at radius 1 is 1.22 bits per heavy atom. The standard InChI is InChI=1S/C16H25NO/c1-16(18)12-8-7-11-14(16)15(17(2)3)13-9-5-4-6-10-13/h4-6,9-10,14-15,18H,7-8,11-12H2,1-3H3/t14-,15-,16-/m0/s1. The molecule has 0 aromatic heterocycles. The first kappa shape index (κ1) is 13.6. The Morgan fingerprint density at radius 3 is 2.44 bits per heavy atom.